The highest BCUT2D eigenvalue weighted by atomic mass is 16.3. The monoisotopic (exact) mass is 774 g/mol. The number of aromatic amines is 2. The molecule has 0 aliphatic carbocycles. The highest BCUT2D eigenvalue weighted by Gasteiger charge is 2.30. The summed E-state index contributed by atoms with van der Waals surface area (Å²) < 4.78 is 0. The third kappa shape index (κ3) is 12.3. The summed E-state index contributed by atoms with van der Waals surface area (Å²) in [7, 11) is 0. The van der Waals surface area contributed by atoms with Crippen LogP contribution in [0.4, 0.5) is 4.79 Å². The fourth-order valence-electron chi connectivity index (χ4n) is 5.70. The van der Waals surface area contributed by atoms with Crippen molar-refractivity contribution in [2.45, 2.75) is 82.7 Å². The van der Waals surface area contributed by atoms with Crippen LogP contribution >= 0.6 is 0 Å². The average molecular weight is 775 g/mol. The number of phenolic OH excluding ortho intramolecular Hbond substituents is 1. The second-order valence-corrected chi connectivity index (χ2v) is 13.4. The molecule has 0 fully saturated rings. The molecule has 7 amide bonds. The SMILES string of the molecule is C[C@H](NC(=O)N(Cc1ccc(O)cc1)NC(=O)C(N)Cc1cnc[nH]1)C(=O)N[C@@H](Cc1c[nH]c2ccccc12)C(=O)N[C@H](C)C(=O)N[C@@H](CCCCN)C(N)=O. The van der Waals surface area contributed by atoms with Crippen LogP contribution in [0.25, 0.3) is 10.9 Å². The molecule has 2 heterocycles. The van der Waals surface area contributed by atoms with Crippen LogP contribution < -0.4 is 43.9 Å². The molecule has 0 bridgehead atoms. The number of carbonyl (C=O) groups excluding carboxylic acids is 6. The molecule has 300 valence electrons. The second kappa shape index (κ2) is 20.3. The van der Waals surface area contributed by atoms with Gasteiger partial charge in [0.2, 0.25) is 23.6 Å². The summed E-state index contributed by atoms with van der Waals surface area (Å²) in [6, 6.07) is 6.77. The number of aromatic nitrogens is 3. The molecule has 0 aliphatic heterocycles. The Labute approximate surface area is 322 Å². The van der Waals surface area contributed by atoms with Crippen molar-refractivity contribution in [2.75, 3.05) is 6.54 Å². The molecule has 0 saturated heterocycles. The van der Waals surface area contributed by atoms with Gasteiger partial charge in [-0.2, -0.15) is 0 Å². The van der Waals surface area contributed by atoms with E-state index in [1.807, 2.05) is 24.3 Å². The Hall–Kier alpha value is -6.47. The molecule has 0 radical (unpaired) electrons. The van der Waals surface area contributed by atoms with E-state index in [2.05, 4.69) is 41.6 Å². The van der Waals surface area contributed by atoms with Gasteiger partial charge in [0.25, 0.3) is 5.91 Å². The minimum Gasteiger partial charge on any atom is -0.508 e. The quantitative estimate of drug-likeness (QED) is 0.0426. The summed E-state index contributed by atoms with van der Waals surface area (Å²) in [5, 5.41) is 21.9. The van der Waals surface area contributed by atoms with E-state index >= 15 is 0 Å². The fraction of sp³-hybridized carbons (Fsp3) is 0.378. The van der Waals surface area contributed by atoms with Gasteiger partial charge in [-0.05, 0) is 69.0 Å². The molecule has 1 unspecified atom stereocenters. The van der Waals surface area contributed by atoms with E-state index in [1.54, 1.807) is 18.3 Å². The number of primary amides is 1. The number of nitrogens with zero attached hydrogens (tertiary/aromatic N) is 2. The standard InChI is InChI=1S/C37H50N12O7/c1-21(33(52)46-30(32(40)51)9-5-6-14-38)44-36(55)31(15-24-17-42-29-8-4-3-7-27(24)29)47-34(53)22(2)45-37(56)49(19-23-10-12-26(50)13-11-23)48-35(54)28(39)16-25-18-41-20-43-25/h3-4,7-8,10-13,17-18,20-22,28,30-31,42,50H,5-6,9,14-16,19,38-39H2,1-2H3,(H2,40,51)(H,41,43)(H,44,55)(H,45,56)(H,46,52)(H,47,53)(H,48,54)/t21-,22+,28?,30+,31+/m1/s1. The number of para-hydroxylation sites is 1. The summed E-state index contributed by atoms with van der Waals surface area (Å²) in [5.74, 6) is -3.56. The number of benzene rings is 2. The highest BCUT2D eigenvalue weighted by molar-refractivity contribution is 5.96. The second-order valence-electron chi connectivity index (χ2n) is 13.4. The molecule has 19 nitrogen and oxygen atoms in total. The van der Waals surface area contributed by atoms with Gasteiger partial charge in [0, 0.05) is 41.8 Å². The number of imidazole rings is 1. The normalized spacial score (nSPS) is 13.7. The Morgan fingerprint density at radius 3 is 2.16 bits per heavy atom. The van der Waals surface area contributed by atoms with Crippen LogP contribution in [0.1, 0.15) is 49.9 Å². The van der Waals surface area contributed by atoms with Crippen molar-refractivity contribution in [2.24, 2.45) is 17.2 Å². The van der Waals surface area contributed by atoms with Gasteiger partial charge in [-0.3, -0.25) is 29.4 Å². The Morgan fingerprint density at radius 2 is 1.50 bits per heavy atom. The van der Waals surface area contributed by atoms with Gasteiger partial charge in [-0.1, -0.05) is 30.3 Å². The van der Waals surface area contributed by atoms with E-state index in [0.717, 1.165) is 15.9 Å². The van der Waals surface area contributed by atoms with Crippen molar-refractivity contribution >= 4 is 46.5 Å². The number of urea groups is 1. The number of nitrogens with two attached hydrogens (primary N) is 3. The molecule has 19 heteroatoms. The molecule has 56 heavy (non-hydrogen) atoms. The zero-order valence-corrected chi connectivity index (χ0v) is 31.2. The number of H-pyrrole nitrogens is 2. The number of hydrogen-bond donors (Lipinski definition) is 11. The molecule has 2 aromatic carbocycles. The number of nitrogens with one attached hydrogen (secondary N) is 7. The van der Waals surface area contributed by atoms with E-state index in [4.69, 9.17) is 17.2 Å². The summed E-state index contributed by atoms with van der Waals surface area (Å²) >= 11 is 0. The molecule has 4 aromatic rings. The largest absolute Gasteiger partial charge is 0.508 e. The maximum Gasteiger partial charge on any atom is 0.337 e. The van der Waals surface area contributed by atoms with E-state index < -0.39 is 65.8 Å². The number of hydrogen-bond acceptors (Lipinski definition) is 10. The summed E-state index contributed by atoms with van der Waals surface area (Å²) in [4.78, 5) is 89.1. The fourth-order valence-corrected chi connectivity index (χ4v) is 5.70. The van der Waals surface area contributed by atoms with Gasteiger partial charge in [-0.25, -0.2) is 14.8 Å². The number of rotatable bonds is 19. The number of carbonyl (C=O) groups is 6. The lowest BCUT2D eigenvalue weighted by Crippen LogP contribution is -2.59. The minimum atomic E-state index is -1.25. The van der Waals surface area contributed by atoms with Crippen molar-refractivity contribution in [3.63, 3.8) is 0 Å². The van der Waals surface area contributed by atoms with E-state index in [9.17, 15) is 33.9 Å². The molecule has 0 aliphatic rings. The zero-order chi connectivity index (χ0) is 40.8. The number of aromatic hydroxyl groups is 1. The molecular formula is C37H50N12O7. The Bertz CT molecular complexity index is 1950. The van der Waals surface area contributed by atoms with Crippen molar-refractivity contribution < 1.29 is 33.9 Å². The van der Waals surface area contributed by atoms with Gasteiger partial charge >= 0.3 is 6.03 Å². The minimum absolute atomic E-state index is 0.00313. The van der Waals surface area contributed by atoms with Crippen molar-refractivity contribution in [3.8, 4) is 5.75 Å². The zero-order valence-electron chi connectivity index (χ0n) is 31.2. The van der Waals surface area contributed by atoms with Crippen molar-refractivity contribution in [1.82, 2.24) is 46.7 Å². The molecular weight excluding hydrogens is 724 g/mol. The Morgan fingerprint density at radius 1 is 0.821 bits per heavy atom. The van der Waals surface area contributed by atoms with Crippen LogP contribution in [-0.2, 0) is 43.4 Å². The molecule has 14 N–H and O–H groups in total. The maximum atomic E-state index is 13.8. The van der Waals surface area contributed by atoms with Crippen LogP contribution in [0.3, 0.4) is 0 Å². The first-order chi connectivity index (χ1) is 26.7. The number of amides is 7. The van der Waals surface area contributed by atoms with Crippen LogP contribution in [-0.4, -0.2) is 97.4 Å². The molecule has 0 saturated carbocycles. The predicted molar refractivity (Wildman–Crippen MR) is 206 cm³/mol. The number of hydrazine groups is 1. The third-order valence-electron chi connectivity index (χ3n) is 8.92. The molecule has 0 spiro atoms. The van der Waals surface area contributed by atoms with Crippen LogP contribution in [0.5, 0.6) is 5.75 Å². The van der Waals surface area contributed by atoms with Crippen molar-refractivity contribution in [3.05, 3.63) is 84.1 Å². The number of fused-ring (bicyclic) bond motifs is 1. The number of phenols is 1. The third-order valence-corrected chi connectivity index (χ3v) is 8.92. The molecule has 2 aromatic heterocycles. The van der Waals surface area contributed by atoms with E-state index in [-0.39, 0.29) is 31.6 Å². The van der Waals surface area contributed by atoms with E-state index in [0.29, 0.717) is 36.2 Å². The van der Waals surface area contributed by atoms with E-state index in [1.165, 1.54) is 38.5 Å². The smallest absolute Gasteiger partial charge is 0.337 e. The van der Waals surface area contributed by atoms with Gasteiger partial charge < -0.3 is 53.5 Å². The predicted octanol–water partition coefficient (Wildman–Crippen LogP) is -0.571. The first-order valence-electron chi connectivity index (χ1n) is 18.1. The van der Waals surface area contributed by atoms with Gasteiger partial charge in [0.15, 0.2) is 0 Å². The summed E-state index contributed by atoms with van der Waals surface area (Å²) in [6.45, 7) is 3.06. The Balaban J connectivity index is 1.48. The summed E-state index contributed by atoms with van der Waals surface area (Å²) in [5.41, 5.74) is 22.2. The Kier molecular flexibility index (Phi) is 15.3. The number of unbranched alkanes of at least 4 members (excludes halogenated alkanes) is 1. The first-order valence-corrected chi connectivity index (χ1v) is 18.1. The lowest BCUT2D eigenvalue weighted by Gasteiger charge is -2.27. The summed E-state index contributed by atoms with van der Waals surface area (Å²) in [6.07, 6.45) is 6.22. The van der Waals surface area contributed by atoms with Gasteiger partial charge in [-0.15, -0.1) is 0 Å². The average Bonchev–Trinajstić information content (AvgIpc) is 3.84. The van der Waals surface area contributed by atoms with Crippen molar-refractivity contribution in [1.29, 1.82) is 0 Å². The molecule has 5 atom stereocenters. The lowest BCUT2D eigenvalue weighted by atomic mass is 10.0. The van der Waals surface area contributed by atoms with Gasteiger partial charge in [0.1, 0.15) is 29.9 Å². The van der Waals surface area contributed by atoms with Gasteiger partial charge in [0.05, 0.1) is 18.9 Å². The van der Waals surface area contributed by atoms with Crippen LogP contribution in [0, 0.1) is 0 Å². The highest BCUT2D eigenvalue weighted by Crippen LogP contribution is 2.19. The first kappa shape index (κ1) is 42.3. The maximum absolute atomic E-state index is 13.8. The molecule has 4 rings (SSSR count). The van der Waals surface area contributed by atoms with Crippen LogP contribution in [0.2, 0.25) is 0 Å². The van der Waals surface area contributed by atoms with Crippen LogP contribution in [0.15, 0.2) is 67.3 Å². The lowest BCUT2D eigenvalue weighted by molar-refractivity contribution is -0.133. The topological polar surface area (TPSA) is 309 Å².